The molecule has 0 radical (unpaired) electrons. The summed E-state index contributed by atoms with van der Waals surface area (Å²) < 4.78 is 0. The Balaban J connectivity index is 2.55. The van der Waals surface area contributed by atoms with Crippen molar-refractivity contribution in [3.05, 3.63) is 46.2 Å². The molecular formula is C11H9N3O3. The minimum atomic E-state index is -0.542. The fourth-order valence-corrected chi connectivity index (χ4v) is 1.55. The lowest BCUT2D eigenvalue weighted by molar-refractivity contribution is -0.110. The Morgan fingerprint density at radius 3 is 2.82 bits per heavy atom. The van der Waals surface area contributed by atoms with Gasteiger partial charge in [0.05, 0.1) is 5.56 Å². The molecule has 1 aromatic heterocycles. The summed E-state index contributed by atoms with van der Waals surface area (Å²) in [6.45, 7) is 0. The molecule has 0 unspecified atom stereocenters. The molecule has 0 spiro atoms. The monoisotopic (exact) mass is 231 g/mol. The number of pyridine rings is 1. The number of fused-ring (bicyclic) bond motifs is 1. The first-order valence-electron chi connectivity index (χ1n) is 4.84. The Kier molecular flexibility index (Phi) is 2.87. The molecule has 0 saturated carbocycles. The summed E-state index contributed by atoms with van der Waals surface area (Å²) in [4.78, 5) is 35.7. The third-order valence-corrected chi connectivity index (χ3v) is 2.24. The summed E-state index contributed by atoms with van der Waals surface area (Å²) in [5.74, 6) is -0.542. The topological polar surface area (TPSA) is 91.1 Å². The number of hydrogen-bond acceptors (Lipinski definition) is 3. The lowest BCUT2D eigenvalue weighted by Crippen LogP contribution is -2.36. The van der Waals surface area contributed by atoms with E-state index in [-0.39, 0.29) is 11.1 Å². The largest absolute Gasteiger partial charge is 0.322 e. The van der Waals surface area contributed by atoms with E-state index in [1.165, 1.54) is 6.07 Å². The van der Waals surface area contributed by atoms with Crippen molar-refractivity contribution < 1.29 is 9.59 Å². The van der Waals surface area contributed by atoms with Crippen LogP contribution < -0.4 is 16.4 Å². The number of nitrogens with one attached hydrogen (secondary N) is 3. The number of para-hydroxylation sites is 1. The second-order valence-electron chi connectivity index (χ2n) is 3.31. The number of aromatic nitrogens is 1. The second-order valence-corrected chi connectivity index (χ2v) is 3.31. The smallest absolute Gasteiger partial charge is 0.270 e. The van der Waals surface area contributed by atoms with Crippen molar-refractivity contribution in [3.8, 4) is 0 Å². The van der Waals surface area contributed by atoms with E-state index in [4.69, 9.17) is 0 Å². The number of aromatic amines is 1. The van der Waals surface area contributed by atoms with Crippen LogP contribution in [0.25, 0.3) is 10.9 Å². The Labute approximate surface area is 95.6 Å². The fraction of sp³-hybridized carbons (Fsp3) is 0. The molecule has 2 amide bonds. The van der Waals surface area contributed by atoms with Gasteiger partial charge in [0.15, 0.2) is 0 Å². The van der Waals surface area contributed by atoms with Gasteiger partial charge in [-0.05, 0) is 6.07 Å². The van der Waals surface area contributed by atoms with Crippen LogP contribution in [0.3, 0.4) is 0 Å². The highest BCUT2D eigenvalue weighted by molar-refractivity contribution is 6.05. The van der Waals surface area contributed by atoms with Gasteiger partial charge in [0.25, 0.3) is 5.91 Å². The van der Waals surface area contributed by atoms with Gasteiger partial charge in [-0.2, -0.15) is 0 Å². The average molecular weight is 231 g/mol. The maximum Gasteiger partial charge on any atom is 0.270 e. The number of amides is 2. The number of hydrogen-bond donors (Lipinski definition) is 3. The summed E-state index contributed by atoms with van der Waals surface area (Å²) >= 11 is 0. The summed E-state index contributed by atoms with van der Waals surface area (Å²) in [5.41, 5.74) is 4.59. The van der Waals surface area contributed by atoms with Crippen molar-refractivity contribution in [3.63, 3.8) is 0 Å². The zero-order chi connectivity index (χ0) is 12.3. The lowest BCUT2D eigenvalue weighted by atomic mass is 10.1. The van der Waals surface area contributed by atoms with Crippen molar-refractivity contribution in [2.75, 3.05) is 0 Å². The molecule has 0 bridgehead atoms. The van der Waals surface area contributed by atoms with Crippen molar-refractivity contribution >= 4 is 23.2 Å². The first-order chi connectivity index (χ1) is 8.22. The van der Waals surface area contributed by atoms with E-state index in [1.807, 2.05) is 5.43 Å². The number of H-pyrrole nitrogens is 1. The Bertz CT molecular complexity index is 633. The Morgan fingerprint density at radius 1 is 1.29 bits per heavy atom. The van der Waals surface area contributed by atoms with Crippen LogP contribution in [0.5, 0.6) is 0 Å². The van der Waals surface area contributed by atoms with Gasteiger partial charge in [0.1, 0.15) is 0 Å². The van der Waals surface area contributed by atoms with Gasteiger partial charge in [0, 0.05) is 17.0 Å². The first kappa shape index (κ1) is 10.9. The predicted molar refractivity (Wildman–Crippen MR) is 61.2 cm³/mol. The molecule has 6 nitrogen and oxygen atoms in total. The predicted octanol–water partition coefficient (Wildman–Crippen LogP) is -0.0811. The van der Waals surface area contributed by atoms with Crippen LogP contribution in [-0.2, 0) is 4.79 Å². The maximum atomic E-state index is 11.7. The molecule has 1 aromatic carbocycles. The third-order valence-electron chi connectivity index (χ3n) is 2.24. The van der Waals surface area contributed by atoms with Crippen LogP contribution in [0.1, 0.15) is 10.4 Å². The molecule has 0 atom stereocenters. The number of benzene rings is 1. The van der Waals surface area contributed by atoms with Crippen molar-refractivity contribution in [2.45, 2.75) is 0 Å². The second kappa shape index (κ2) is 4.48. The van der Waals surface area contributed by atoms with E-state index < -0.39 is 5.91 Å². The van der Waals surface area contributed by atoms with Crippen LogP contribution in [0.4, 0.5) is 0 Å². The third kappa shape index (κ3) is 2.15. The molecule has 1 heterocycles. The van der Waals surface area contributed by atoms with E-state index in [9.17, 15) is 14.4 Å². The molecule has 0 aliphatic rings. The Hall–Kier alpha value is -2.63. The van der Waals surface area contributed by atoms with Crippen LogP contribution in [0, 0.1) is 0 Å². The summed E-state index contributed by atoms with van der Waals surface area (Å²) in [6, 6.07) is 8.10. The van der Waals surface area contributed by atoms with E-state index in [2.05, 4.69) is 10.4 Å². The van der Waals surface area contributed by atoms with Gasteiger partial charge < -0.3 is 4.98 Å². The Morgan fingerprint density at radius 2 is 2.06 bits per heavy atom. The maximum absolute atomic E-state index is 11.7. The summed E-state index contributed by atoms with van der Waals surface area (Å²) in [6.07, 6.45) is 0.341. The average Bonchev–Trinajstić information content (AvgIpc) is 2.34. The van der Waals surface area contributed by atoms with Crippen LogP contribution in [0.2, 0.25) is 0 Å². The number of rotatable bonds is 3. The van der Waals surface area contributed by atoms with E-state index in [0.29, 0.717) is 17.3 Å². The quantitative estimate of drug-likeness (QED) is 0.509. The van der Waals surface area contributed by atoms with Gasteiger partial charge in [-0.15, -0.1) is 0 Å². The number of hydrazine groups is 1. The van der Waals surface area contributed by atoms with Gasteiger partial charge in [-0.1, -0.05) is 18.2 Å². The normalized spacial score (nSPS) is 9.88. The SMILES string of the molecule is O=CNNC(=O)c1cc(=O)[nH]c2ccccc12. The highest BCUT2D eigenvalue weighted by atomic mass is 16.2. The highest BCUT2D eigenvalue weighted by Gasteiger charge is 2.10. The van der Waals surface area contributed by atoms with E-state index >= 15 is 0 Å². The van der Waals surface area contributed by atoms with E-state index in [0.717, 1.165) is 0 Å². The van der Waals surface area contributed by atoms with Crippen molar-refractivity contribution in [2.24, 2.45) is 0 Å². The van der Waals surface area contributed by atoms with Crippen LogP contribution in [0.15, 0.2) is 35.1 Å². The van der Waals surface area contributed by atoms with Gasteiger partial charge in [0.2, 0.25) is 12.0 Å². The van der Waals surface area contributed by atoms with Gasteiger partial charge >= 0.3 is 0 Å². The molecule has 0 aliphatic heterocycles. The number of carbonyl (C=O) groups is 2. The molecule has 3 N–H and O–H groups in total. The molecule has 2 aromatic rings. The van der Waals surface area contributed by atoms with Gasteiger partial charge in [-0.3, -0.25) is 25.2 Å². The minimum Gasteiger partial charge on any atom is -0.322 e. The molecule has 0 saturated heterocycles. The zero-order valence-electron chi connectivity index (χ0n) is 8.69. The molecule has 2 rings (SSSR count). The summed E-state index contributed by atoms with van der Waals surface area (Å²) in [5, 5.41) is 0.609. The highest BCUT2D eigenvalue weighted by Crippen LogP contribution is 2.13. The standard InChI is InChI=1S/C11H9N3O3/c15-6-12-14-11(17)8-5-10(16)13-9-4-2-1-3-7(8)9/h1-6H,(H,12,15)(H,13,16)(H,14,17). The molecule has 86 valence electrons. The zero-order valence-corrected chi connectivity index (χ0v) is 8.69. The van der Waals surface area contributed by atoms with Crippen LogP contribution >= 0.6 is 0 Å². The fourth-order valence-electron chi connectivity index (χ4n) is 1.55. The minimum absolute atomic E-state index is 0.207. The number of carbonyl (C=O) groups excluding carboxylic acids is 2. The summed E-state index contributed by atoms with van der Waals surface area (Å²) in [7, 11) is 0. The molecule has 6 heteroatoms. The van der Waals surface area contributed by atoms with Gasteiger partial charge in [-0.25, -0.2) is 0 Å². The van der Waals surface area contributed by atoms with Crippen molar-refractivity contribution in [1.29, 1.82) is 0 Å². The molecule has 0 fully saturated rings. The molecule has 0 aliphatic carbocycles. The van der Waals surface area contributed by atoms with Crippen molar-refractivity contribution in [1.82, 2.24) is 15.8 Å². The lowest BCUT2D eigenvalue weighted by Gasteiger charge is -2.05. The first-order valence-corrected chi connectivity index (χ1v) is 4.84. The molecule has 17 heavy (non-hydrogen) atoms. The van der Waals surface area contributed by atoms with E-state index in [1.54, 1.807) is 24.3 Å². The van der Waals surface area contributed by atoms with Crippen LogP contribution in [-0.4, -0.2) is 17.3 Å². The molecular weight excluding hydrogens is 222 g/mol.